The minimum absolute atomic E-state index is 0.290. The number of ether oxygens (including phenoxy) is 3. The number of nitrogens with zero attached hydrogens (tertiary/aromatic N) is 2. The molecular formula is C11H15N2O9P. The summed E-state index contributed by atoms with van der Waals surface area (Å²) in [7, 11) is -1.96. The van der Waals surface area contributed by atoms with Gasteiger partial charge in [0.2, 0.25) is 0 Å². The summed E-state index contributed by atoms with van der Waals surface area (Å²) in [6.07, 6.45) is -2.88. The number of hydrazine groups is 1. The summed E-state index contributed by atoms with van der Waals surface area (Å²) >= 11 is 0. The summed E-state index contributed by atoms with van der Waals surface area (Å²) in [4.78, 5) is 39.7. The monoisotopic (exact) mass is 350 g/mol. The Labute approximate surface area is 130 Å². The van der Waals surface area contributed by atoms with Crippen molar-refractivity contribution in [2.24, 2.45) is 0 Å². The molecule has 11 nitrogen and oxygen atoms in total. The van der Waals surface area contributed by atoms with Gasteiger partial charge in [0.05, 0.1) is 14.2 Å². The summed E-state index contributed by atoms with van der Waals surface area (Å²) < 4.78 is 25.5. The molecule has 128 valence electrons. The third-order valence-electron chi connectivity index (χ3n) is 2.54. The van der Waals surface area contributed by atoms with E-state index >= 15 is 0 Å². The smallest absolute Gasteiger partial charge is 0.469 e. The van der Waals surface area contributed by atoms with Crippen LogP contribution in [0.15, 0.2) is 18.2 Å². The third kappa shape index (κ3) is 5.74. The molecule has 0 aliphatic carbocycles. The van der Waals surface area contributed by atoms with E-state index < -0.39 is 25.0 Å². The topological polar surface area (TPSA) is 149 Å². The van der Waals surface area contributed by atoms with Crippen LogP contribution in [0.5, 0.6) is 11.5 Å². The van der Waals surface area contributed by atoms with Gasteiger partial charge in [-0.25, -0.2) is 14.9 Å². The molecule has 1 amide bonds. The lowest BCUT2D eigenvalue weighted by atomic mass is 10.2. The molecule has 0 aliphatic rings. The Bertz CT molecular complexity index is 630. The number of carbonyl (C=O) groups is 1. The second kappa shape index (κ2) is 7.77. The van der Waals surface area contributed by atoms with E-state index in [1.165, 1.54) is 26.4 Å². The average Bonchev–Trinajstić information content (AvgIpc) is 2.48. The van der Waals surface area contributed by atoms with Crippen LogP contribution >= 0.6 is 7.60 Å². The third-order valence-corrected chi connectivity index (χ3v) is 3.17. The SMILES string of the molecule is COc1ccc(COC(=O)N(CP(=O)(O)O)[N+](=O)[O-])cc1OC. The Balaban J connectivity index is 2.77. The Hall–Kier alpha value is -2.36. The molecule has 0 spiro atoms. The van der Waals surface area contributed by atoms with Crippen molar-refractivity contribution in [3.8, 4) is 11.5 Å². The van der Waals surface area contributed by atoms with Crippen LogP contribution in [0.1, 0.15) is 5.56 Å². The average molecular weight is 350 g/mol. The van der Waals surface area contributed by atoms with E-state index in [0.29, 0.717) is 17.1 Å². The fourth-order valence-corrected chi connectivity index (χ4v) is 2.11. The highest BCUT2D eigenvalue weighted by atomic mass is 31.2. The van der Waals surface area contributed by atoms with Gasteiger partial charge in [-0.15, -0.1) is 0 Å². The van der Waals surface area contributed by atoms with Crippen LogP contribution in [0, 0.1) is 10.1 Å². The maximum Gasteiger partial charge on any atom is 0.469 e. The lowest BCUT2D eigenvalue weighted by Crippen LogP contribution is -2.37. The van der Waals surface area contributed by atoms with Gasteiger partial charge < -0.3 is 24.0 Å². The number of benzene rings is 1. The molecule has 0 bridgehead atoms. The molecule has 0 unspecified atom stereocenters. The molecule has 0 saturated heterocycles. The Kier molecular flexibility index (Phi) is 6.31. The molecule has 1 rings (SSSR count). The predicted molar refractivity (Wildman–Crippen MR) is 75.5 cm³/mol. The Morgan fingerprint density at radius 2 is 1.91 bits per heavy atom. The van der Waals surface area contributed by atoms with Gasteiger partial charge in [-0.2, -0.15) is 0 Å². The number of nitro groups is 1. The van der Waals surface area contributed by atoms with E-state index in [1.807, 2.05) is 0 Å². The van der Waals surface area contributed by atoms with Crippen LogP contribution in [0.3, 0.4) is 0 Å². The number of methoxy groups -OCH3 is 2. The maximum absolute atomic E-state index is 11.6. The first-order chi connectivity index (χ1) is 10.7. The van der Waals surface area contributed by atoms with Gasteiger partial charge in [-0.1, -0.05) is 6.07 Å². The van der Waals surface area contributed by atoms with Crippen molar-refractivity contribution in [1.82, 2.24) is 5.01 Å². The van der Waals surface area contributed by atoms with Gasteiger partial charge in [0.25, 0.3) is 0 Å². The first-order valence-electron chi connectivity index (χ1n) is 6.02. The molecule has 0 fully saturated rings. The second-order valence-electron chi connectivity index (χ2n) is 4.19. The van der Waals surface area contributed by atoms with Crippen LogP contribution in [0.25, 0.3) is 0 Å². The lowest BCUT2D eigenvalue weighted by molar-refractivity contribution is -0.631. The van der Waals surface area contributed by atoms with Crippen molar-refractivity contribution in [3.63, 3.8) is 0 Å². The molecule has 0 aromatic heterocycles. The number of hydrogen-bond acceptors (Lipinski definition) is 7. The highest BCUT2D eigenvalue weighted by Crippen LogP contribution is 2.35. The Morgan fingerprint density at radius 3 is 2.39 bits per heavy atom. The van der Waals surface area contributed by atoms with Gasteiger partial charge in [0.1, 0.15) is 6.61 Å². The number of amides is 1. The lowest BCUT2D eigenvalue weighted by Gasteiger charge is -2.14. The minimum atomic E-state index is -4.80. The molecule has 2 N–H and O–H groups in total. The van der Waals surface area contributed by atoms with Gasteiger partial charge in [0, 0.05) is 0 Å². The van der Waals surface area contributed by atoms with E-state index in [9.17, 15) is 19.5 Å². The summed E-state index contributed by atoms with van der Waals surface area (Å²) in [5, 5.41) is 9.12. The standard InChI is InChI=1S/C11H15N2O9P/c1-20-9-4-3-8(5-10(9)21-2)6-22-11(14)12(13(15)16)7-23(17,18)19/h3-5H,6-7H2,1-2H3,(H2,17,18,19). The van der Waals surface area contributed by atoms with Crippen LogP contribution < -0.4 is 9.47 Å². The van der Waals surface area contributed by atoms with Gasteiger partial charge in [0.15, 0.2) is 22.8 Å². The van der Waals surface area contributed by atoms with E-state index in [4.69, 9.17) is 19.3 Å². The molecule has 1 aromatic carbocycles. The molecule has 0 saturated carbocycles. The van der Waals surface area contributed by atoms with Crippen molar-refractivity contribution < 1.29 is 38.4 Å². The van der Waals surface area contributed by atoms with Crippen molar-refractivity contribution >= 4 is 13.7 Å². The summed E-state index contributed by atoms with van der Waals surface area (Å²) in [6.45, 7) is -0.356. The van der Waals surface area contributed by atoms with Gasteiger partial charge >= 0.3 is 13.7 Å². The zero-order valence-corrected chi connectivity index (χ0v) is 13.1. The quantitative estimate of drug-likeness (QED) is 0.416. The van der Waals surface area contributed by atoms with Crippen molar-refractivity contribution in [1.29, 1.82) is 0 Å². The number of rotatable bonds is 7. The van der Waals surface area contributed by atoms with Crippen molar-refractivity contribution in [2.45, 2.75) is 6.61 Å². The molecule has 0 heterocycles. The summed E-state index contributed by atoms with van der Waals surface area (Å²) in [6, 6.07) is 4.57. The highest BCUT2D eigenvalue weighted by molar-refractivity contribution is 7.51. The normalized spacial score (nSPS) is 10.8. The molecule has 12 heteroatoms. The fourth-order valence-electron chi connectivity index (χ4n) is 1.54. The van der Waals surface area contributed by atoms with E-state index in [2.05, 4.69) is 4.74 Å². The Morgan fingerprint density at radius 1 is 1.30 bits per heavy atom. The largest absolute Gasteiger partial charge is 0.493 e. The first-order valence-corrected chi connectivity index (χ1v) is 7.81. The van der Waals surface area contributed by atoms with Crippen LogP contribution in [0.4, 0.5) is 4.79 Å². The van der Waals surface area contributed by atoms with Crippen molar-refractivity contribution in [2.75, 3.05) is 20.5 Å². The molecule has 23 heavy (non-hydrogen) atoms. The van der Waals surface area contributed by atoms with Crippen molar-refractivity contribution in [3.05, 3.63) is 33.9 Å². The minimum Gasteiger partial charge on any atom is -0.493 e. The predicted octanol–water partition coefficient (Wildman–Crippen LogP) is 0.969. The van der Waals surface area contributed by atoms with Crippen LogP contribution in [-0.2, 0) is 15.9 Å². The summed E-state index contributed by atoms with van der Waals surface area (Å²) in [5.74, 6) is 0.804. The molecule has 0 aliphatic heterocycles. The molecule has 1 aromatic rings. The molecular weight excluding hydrogens is 335 g/mol. The number of carbonyl (C=O) groups excluding carboxylic acids is 1. The van der Waals surface area contributed by atoms with E-state index in [1.54, 1.807) is 6.07 Å². The highest BCUT2D eigenvalue weighted by Gasteiger charge is 2.34. The first kappa shape index (κ1) is 18.7. The van der Waals surface area contributed by atoms with E-state index in [0.717, 1.165) is 0 Å². The second-order valence-corrected chi connectivity index (χ2v) is 5.80. The maximum atomic E-state index is 11.6. The zero-order valence-electron chi connectivity index (χ0n) is 12.2. The summed E-state index contributed by atoms with van der Waals surface area (Å²) in [5.41, 5.74) is 0.440. The van der Waals surface area contributed by atoms with Crippen LogP contribution in [-0.4, -0.2) is 46.4 Å². The van der Waals surface area contributed by atoms with E-state index in [-0.39, 0.29) is 11.6 Å². The fraction of sp³-hybridized carbons (Fsp3) is 0.364. The number of hydrogen-bond donors (Lipinski definition) is 2. The molecule has 0 radical (unpaired) electrons. The molecule has 0 atom stereocenters. The zero-order chi connectivity index (χ0) is 17.6. The van der Waals surface area contributed by atoms with Gasteiger partial charge in [-0.3, -0.25) is 4.57 Å². The van der Waals surface area contributed by atoms with Crippen LogP contribution in [0.2, 0.25) is 0 Å². The van der Waals surface area contributed by atoms with Gasteiger partial charge in [-0.05, 0) is 22.7 Å².